The van der Waals surface area contributed by atoms with E-state index in [1.807, 2.05) is 29.2 Å². The minimum Gasteiger partial charge on any atom is -0.497 e. The van der Waals surface area contributed by atoms with E-state index in [1.165, 1.54) is 10.3 Å². The summed E-state index contributed by atoms with van der Waals surface area (Å²) >= 11 is 1.75. The number of aromatic nitrogens is 1. The maximum atomic E-state index is 12.7. The minimum atomic E-state index is 0.172. The van der Waals surface area contributed by atoms with Crippen molar-refractivity contribution < 1.29 is 9.53 Å². The van der Waals surface area contributed by atoms with Gasteiger partial charge in [0.15, 0.2) is 5.13 Å². The molecule has 0 N–H and O–H groups in total. The zero-order valence-electron chi connectivity index (χ0n) is 16.4. The van der Waals surface area contributed by atoms with E-state index in [0.717, 1.165) is 54.6 Å². The number of nitrogens with zero attached hydrogens (tertiary/aromatic N) is 3. The van der Waals surface area contributed by atoms with Crippen LogP contribution in [-0.2, 0) is 17.6 Å². The number of piperazine rings is 1. The van der Waals surface area contributed by atoms with Crippen LogP contribution in [0.15, 0.2) is 42.5 Å². The predicted octanol–water partition coefficient (Wildman–Crippen LogP) is 3.76. The third kappa shape index (κ3) is 3.83. The van der Waals surface area contributed by atoms with Crippen LogP contribution < -0.4 is 9.64 Å². The van der Waals surface area contributed by atoms with Crippen LogP contribution in [0.2, 0.25) is 0 Å². The maximum absolute atomic E-state index is 12.7. The van der Waals surface area contributed by atoms with Gasteiger partial charge in [0, 0.05) is 26.2 Å². The Morgan fingerprint density at radius 1 is 1.14 bits per heavy atom. The summed E-state index contributed by atoms with van der Waals surface area (Å²) in [5, 5.41) is 1.07. The lowest BCUT2D eigenvalue weighted by Crippen LogP contribution is -2.49. The number of rotatable bonds is 5. The van der Waals surface area contributed by atoms with E-state index in [4.69, 9.17) is 9.72 Å². The highest BCUT2D eigenvalue weighted by molar-refractivity contribution is 7.22. The first-order chi connectivity index (χ1) is 13.7. The molecular weight excluding hydrogens is 370 g/mol. The van der Waals surface area contributed by atoms with Crippen LogP contribution in [0.4, 0.5) is 5.13 Å². The molecule has 1 aliphatic heterocycles. The van der Waals surface area contributed by atoms with Crippen molar-refractivity contribution in [3.8, 4) is 5.75 Å². The van der Waals surface area contributed by atoms with Crippen molar-refractivity contribution in [3.05, 3.63) is 53.6 Å². The molecule has 28 heavy (non-hydrogen) atoms. The Bertz CT molecular complexity index is 977. The zero-order valence-corrected chi connectivity index (χ0v) is 17.2. The van der Waals surface area contributed by atoms with Crippen LogP contribution in [0.5, 0.6) is 5.75 Å². The molecule has 1 amide bonds. The van der Waals surface area contributed by atoms with Crippen molar-refractivity contribution in [1.82, 2.24) is 9.88 Å². The van der Waals surface area contributed by atoms with Gasteiger partial charge in [-0.05, 0) is 35.7 Å². The van der Waals surface area contributed by atoms with Gasteiger partial charge in [-0.1, -0.05) is 42.5 Å². The number of methoxy groups -OCH3 is 1. The van der Waals surface area contributed by atoms with Gasteiger partial charge in [0.2, 0.25) is 5.91 Å². The molecule has 0 bridgehead atoms. The van der Waals surface area contributed by atoms with E-state index in [9.17, 15) is 4.79 Å². The minimum absolute atomic E-state index is 0.172. The summed E-state index contributed by atoms with van der Waals surface area (Å²) in [5.41, 5.74) is 3.42. The lowest BCUT2D eigenvalue weighted by molar-refractivity contribution is -0.130. The van der Waals surface area contributed by atoms with Crippen LogP contribution in [0, 0.1) is 0 Å². The largest absolute Gasteiger partial charge is 0.497 e. The summed E-state index contributed by atoms with van der Waals surface area (Å²) in [6.07, 6.45) is 1.41. The number of carbonyl (C=O) groups is 1. The number of hydrogen-bond donors (Lipinski definition) is 0. The molecule has 6 heteroatoms. The monoisotopic (exact) mass is 395 g/mol. The first-order valence-corrected chi connectivity index (χ1v) is 10.5. The molecular formula is C22H25N3O2S. The SMILES string of the molecule is CCc1cccc2sc(N3CCN(C(=O)Cc4cccc(OC)c4)CC3)nc12. The van der Waals surface area contributed by atoms with E-state index in [2.05, 4.69) is 30.0 Å². The molecule has 0 unspecified atom stereocenters. The molecule has 4 rings (SSSR count). The number of carbonyl (C=O) groups excluding carboxylic acids is 1. The number of para-hydroxylation sites is 1. The molecule has 2 aromatic carbocycles. The Labute approximate surface area is 169 Å². The van der Waals surface area contributed by atoms with Crippen molar-refractivity contribution >= 4 is 32.6 Å². The molecule has 0 radical (unpaired) electrons. The number of hydrogen-bond acceptors (Lipinski definition) is 5. The molecule has 1 saturated heterocycles. The van der Waals surface area contributed by atoms with Gasteiger partial charge in [-0.3, -0.25) is 4.79 Å². The smallest absolute Gasteiger partial charge is 0.227 e. The second kappa shape index (κ2) is 8.19. The van der Waals surface area contributed by atoms with E-state index in [-0.39, 0.29) is 5.91 Å². The van der Waals surface area contributed by atoms with Gasteiger partial charge >= 0.3 is 0 Å². The number of amides is 1. The fourth-order valence-corrected chi connectivity index (χ4v) is 4.70. The van der Waals surface area contributed by atoms with E-state index in [1.54, 1.807) is 18.4 Å². The molecule has 0 atom stereocenters. The fraction of sp³-hybridized carbons (Fsp3) is 0.364. The molecule has 0 spiro atoms. The first kappa shape index (κ1) is 18.7. The summed E-state index contributed by atoms with van der Waals surface area (Å²) in [7, 11) is 1.64. The van der Waals surface area contributed by atoms with Crippen molar-refractivity contribution in [1.29, 1.82) is 0 Å². The van der Waals surface area contributed by atoms with Gasteiger partial charge in [-0.15, -0.1) is 0 Å². The predicted molar refractivity (Wildman–Crippen MR) is 114 cm³/mol. The van der Waals surface area contributed by atoms with Crippen LogP contribution in [0.3, 0.4) is 0 Å². The molecule has 146 valence electrons. The fourth-order valence-electron chi connectivity index (χ4n) is 3.63. The second-order valence-corrected chi connectivity index (χ2v) is 8.02. The summed E-state index contributed by atoms with van der Waals surface area (Å²) < 4.78 is 6.49. The van der Waals surface area contributed by atoms with Crippen molar-refractivity contribution in [2.75, 3.05) is 38.2 Å². The third-order valence-electron chi connectivity index (χ3n) is 5.26. The number of thiazole rings is 1. The highest BCUT2D eigenvalue weighted by Crippen LogP contribution is 2.31. The normalized spacial score (nSPS) is 14.5. The molecule has 1 aliphatic rings. The van der Waals surface area contributed by atoms with Crippen LogP contribution >= 0.6 is 11.3 Å². The highest BCUT2D eigenvalue weighted by Gasteiger charge is 2.23. The topological polar surface area (TPSA) is 45.7 Å². The summed E-state index contributed by atoms with van der Waals surface area (Å²) in [4.78, 5) is 21.8. The quantitative estimate of drug-likeness (QED) is 0.660. The molecule has 5 nitrogen and oxygen atoms in total. The zero-order chi connectivity index (χ0) is 19.5. The summed E-state index contributed by atoms with van der Waals surface area (Å²) in [5.74, 6) is 0.961. The van der Waals surface area contributed by atoms with Gasteiger partial charge < -0.3 is 14.5 Å². The van der Waals surface area contributed by atoms with Crippen molar-refractivity contribution in [2.45, 2.75) is 19.8 Å². The third-order valence-corrected chi connectivity index (χ3v) is 6.35. The first-order valence-electron chi connectivity index (χ1n) is 9.72. The summed E-state index contributed by atoms with van der Waals surface area (Å²) in [6, 6.07) is 14.1. The van der Waals surface area contributed by atoms with Gasteiger partial charge in [0.25, 0.3) is 0 Å². The Balaban J connectivity index is 1.39. The standard InChI is InChI=1S/C22H25N3O2S/c1-3-17-7-5-9-19-21(17)23-22(28-19)25-12-10-24(11-13-25)20(26)15-16-6-4-8-18(14-16)27-2/h4-9,14H,3,10-13,15H2,1-2H3. The summed E-state index contributed by atoms with van der Waals surface area (Å²) in [6.45, 7) is 5.29. The van der Waals surface area contributed by atoms with Crippen molar-refractivity contribution in [2.24, 2.45) is 0 Å². The number of fused-ring (bicyclic) bond motifs is 1. The number of anilines is 1. The Morgan fingerprint density at radius 2 is 1.93 bits per heavy atom. The molecule has 0 saturated carbocycles. The molecule has 3 aromatic rings. The Morgan fingerprint density at radius 3 is 2.68 bits per heavy atom. The van der Waals surface area contributed by atoms with Crippen LogP contribution in [0.25, 0.3) is 10.2 Å². The van der Waals surface area contributed by atoms with E-state index in [0.29, 0.717) is 6.42 Å². The van der Waals surface area contributed by atoms with E-state index < -0.39 is 0 Å². The van der Waals surface area contributed by atoms with Crippen LogP contribution in [-0.4, -0.2) is 49.1 Å². The van der Waals surface area contributed by atoms with Gasteiger partial charge in [0.05, 0.1) is 23.7 Å². The molecule has 2 heterocycles. The Kier molecular flexibility index (Phi) is 5.48. The van der Waals surface area contributed by atoms with Crippen LogP contribution in [0.1, 0.15) is 18.1 Å². The molecule has 0 aliphatic carbocycles. The lowest BCUT2D eigenvalue weighted by atomic mass is 10.1. The van der Waals surface area contributed by atoms with E-state index >= 15 is 0 Å². The van der Waals surface area contributed by atoms with Gasteiger partial charge in [-0.2, -0.15) is 0 Å². The average molecular weight is 396 g/mol. The number of aryl methyl sites for hydroxylation is 1. The number of ether oxygens (including phenoxy) is 1. The highest BCUT2D eigenvalue weighted by atomic mass is 32.1. The van der Waals surface area contributed by atoms with Crippen molar-refractivity contribution in [3.63, 3.8) is 0 Å². The van der Waals surface area contributed by atoms with Gasteiger partial charge in [-0.25, -0.2) is 4.98 Å². The maximum Gasteiger partial charge on any atom is 0.227 e. The second-order valence-electron chi connectivity index (χ2n) is 7.01. The molecule has 1 fully saturated rings. The molecule has 1 aromatic heterocycles. The average Bonchev–Trinajstić information content (AvgIpc) is 3.18. The lowest BCUT2D eigenvalue weighted by Gasteiger charge is -2.34. The number of benzene rings is 2. The Hall–Kier alpha value is -2.60. The van der Waals surface area contributed by atoms with Gasteiger partial charge in [0.1, 0.15) is 5.75 Å².